The average Bonchev–Trinajstić information content (AvgIpc) is 2.54. The molecule has 4 N–H and O–H groups in total. The van der Waals surface area contributed by atoms with E-state index in [0.717, 1.165) is 12.8 Å². The van der Waals surface area contributed by atoms with Crippen LogP contribution in [0.15, 0.2) is 54.6 Å². The lowest BCUT2D eigenvalue weighted by Crippen LogP contribution is -2.29. The molecule has 2 unspecified atom stereocenters. The molecule has 0 radical (unpaired) electrons. The first-order valence-electron chi connectivity index (χ1n) is 8.01. The number of anilines is 1. The van der Waals surface area contributed by atoms with E-state index >= 15 is 0 Å². The molecule has 4 heteroatoms. The molecule has 23 heavy (non-hydrogen) atoms. The molecule has 0 bridgehead atoms. The Labute approximate surface area is 138 Å². The average molecular weight is 311 g/mol. The third-order valence-corrected chi connectivity index (χ3v) is 3.92. The van der Waals surface area contributed by atoms with E-state index in [4.69, 9.17) is 5.73 Å². The van der Waals surface area contributed by atoms with Crippen molar-refractivity contribution in [3.8, 4) is 0 Å². The number of amides is 2. The number of nitrogens with two attached hydrogens (primary N) is 1. The molecule has 2 aromatic carbocycles. The second-order valence-electron chi connectivity index (χ2n) is 5.92. The number of carbonyl (C=O) groups is 1. The summed E-state index contributed by atoms with van der Waals surface area (Å²) < 4.78 is 0. The first-order valence-corrected chi connectivity index (χ1v) is 8.01. The van der Waals surface area contributed by atoms with Gasteiger partial charge in [-0.1, -0.05) is 42.5 Å². The standard InChI is InChI=1S/C19H25N3O/c1-14(8-9-16-6-4-3-5-7-16)21-15(2)17-10-12-18(13-11-17)22-19(20)23/h3-7,10-15,21H,8-9H2,1-2H3,(H3,20,22,23). The Morgan fingerprint density at radius 2 is 1.70 bits per heavy atom. The van der Waals surface area contributed by atoms with Crippen LogP contribution in [0.5, 0.6) is 0 Å². The van der Waals surface area contributed by atoms with Gasteiger partial charge in [-0.05, 0) is 49.9 Å². The van der Waals surface area contributed by atoms with Gasteiger partial charge in [-0.15, -0.1) is 0 Å². The molecule has 0 saturated heterocycles. The van der Waals surface area contributed by atoms with Gasteiger partial charge in [0.2, 0.25) is 0 Å². The summed E-state index contributed by atoms with van der Waals surface area (Å²) in [7, 11) is 0. The number of aryl methyl sites for hydroxylation is 1. The number of primary amides is 1. The van der Waals surface area contributed by atoms with E-state index in [0.29, 0.717) is 11.7 Å². The monoisotopic (exact) mass is 311 g/mol. The smallest absolute Gasteiger partial charge is 0.316 e. The van der Waals surface area contributed by atoms with Crippen LogP contribution in [0.2, 0.25) is 0 Å². The number of hydrogen-bond acceptors (Lipinski definition) is 2. The minimum Gasteiger partial charge on any atom is -0.351 e. The first-order chi connectivity index (χ1) is 11.0. The number of benzene rings is 2. The van der Waals surface area contributed by atoms with Gasteiger partial charge in [0.25, 0.3) is 0 Å². The van der Waals surface area contributed by atoms with Crippen LogP contribution in [0.4, 0.5) is 10.5 Å². The third kappa shape index (κ3) is 5.75. The summed E-state index contributed by atoms with van der Waals surface area (Å²) in [5.74, 6) is 0. The van der Waals surface area contributed by atoms with Gasteiger partial charge in [0.1, 0.15) is 0 Å². The fourth-order valence-electron chi connectivity index (χ4n) is 2.63. The zero-order valence-corrected chi connectivity index (χ0v) is 13.8. The number of carbonyl (C=O) groups excluding carboxylic acids is 1. The van der Waals surface area contributed by atoms with Crippen molar-refractivity contribution in [2.24, 2.45) is 5.73 Å². The van der Waals surface area contributed by atoms with Gasteiger partial charge in [-0.2, -0.15) is 0 Å². The van der Waals surface area contributed by atoms with Crippen LogP contribution < -0.4 is 16.4 Å². The number of urea groups is 1. The maximum absolute atomic E-state index is 10.8. The minimum absolute atomic E-state index is 0.253. The van der Waals surface area contributed by atoms with Gasteiger partial charge < -0.3 is 16.4 Å². The lowest BCUT2D eigenvalue weighted by molar-refractivity contribution is 0.259. The molecule has 0 aliphatic carbocycles. The van der Waals surface area contributed by atoms with Crippen molar-refractivity contribution in [3.05, 3.63) is 65.7 Å². The first kappa shape index (κ1) is 17.0. The van der Waals surface area contributed by atoms with E-state index in [2.05, 4.69) is 48.7 Å². The molecule has 0 aliphatic rings. The molecular weight excluding hydrogens is 286 g/mol. The SMILES string of the molecule is CC(CCc1ccccc1)NC(C)c1ccc(NC(N)=O)cc1. The zero-order valence-electron chi connectivity index (χ0n) is 13.8. The summed E-state index contributed by atoms with van der Waals surface area (Å²) in [6.07, 6.45) is 2.17. The molecule has 0 aromatic heterocycles. The normalized spacial score (nSPS) is 13.3. The molecule has 2 amide bonds. The molecule has 2 atom stereocenters. The van der Waals surface area contributed by atoms with Gasteiger partial charge in [-0.3, -0.25) is 0 Å². The molecule has 122 valence electrons. The molecule has 0 heterocycles. The van der Waals surface area contributed by atoms with E-state index in [1.54, 1.807) is 0 Å². The fraction of sp³-hybridized carbons (Fsp3) is 0.316. The topological polar surface area (TPSA) is 67.2 Å². The van der Waals surface area contributed by atoms with Crippen molar-refractivity contribution in [2.45, 2.75) is 38.8 Å². The molecule has 0 saturated carbocycles. The van der Waals surface area contributed by atoms with Crippen molar-refractivity contribution in [2.75, 3.05) is 5.32 Å². The van der Waals surface area contributed by atoms with E-state index in [1.165, 1.54) is 11.1 Å². The summed E-state index contributed by atoms with van der Waals surface area (Å²) in [5, 5.41) is 6.18. The van der Waals surface area contributed by atoms with Gasteiger partial charge >= 0.3 is 6.03 Å². The predicted molar refractivity (Wildman–Crippen MR) is 95.4 cm³/mol. The van der Waals surface area contributed by atoms with Crippen LogP contribution in [-0.4, -0.2) is 12.1 Å². The highest BCUT2D eigenvalue weighted by Crippen LogP contribution is 2.17. The molecule has 4 nitrogen and oxygen atoms in total. The van der Waals surface area contributed by atoms with Gasteiger partial charge in [0, 0.05) is 17.8 Å². The maximum Gasteiger partial charge on any atom is 0.316 e. The molecule has 2 rings (SSSR count). The lowest BCUT2D eigenvalue weighted by atomic mass is 10.0. The van der Waals surface area contributed by atoms with Crippen LogP contribution in [0.25, 0.3) is 0 Å². The lowest BCUT2D eigenvalue weighted by Gasteiger charge is -2.20. The summed E-state index contributed by atoms with van der Waals surface area (Å²) in [6, 6.07) is 18.4. The fourth-order valence-corrected chi connectivity index (χ4v) is 2.63. The van der Waals surface area contributed by atoms with Crippen molar-refractivity contribution in [3.63, 3.8) is 0 Å². The highest BCUT2D eigenvalue weighted by atomic mass is 16.2. The van der Waals surface area contributed by atoms with E-state index in [1.807, 2.05) is 30.3 Å². The Kier molecular flexibility index (Phi) is 6.18. The highest BCUT2D eigenvalue weighted by Gasteiger charge is 2.10. The second kappa shape index (κ2) is 8.34. The van der Waals surface area contributed by atoms with Crippen LogP contribution in [0.1, 0.15) is 37.4 Å². The summed E-state index contributed by atoms with van der Waals surface area (Å²) in [6.45, 7) is 4.36. The number of rotatable bonds is 7. The van der Waals surface area contributed by atoms with Gasteiger partial charge in [-0.25, -0.2) is 4.79 Å². The molecule has 0 spiro atoms. The summed E-state index contributed by atoms with van der Waals surface area (Å²) in [5.41, 5.74) is 8.38. The summed E-state index contributed by atoms with van der Waals surface area (Å²) >= 11 is 0. The van der Waals surface area contributed by atoms with Crippen molar-refractivity contribution in [1.29, 1.82) is 0 Å². The van der Waals surface area contributed by atoms with E-state index < -0.39 is 6.03 Å². The Balaban J connectivity index is 1.83. The Bertz CT molecular complexity index is 610. The largest absolute Gasteiger partial charge is 0.351 e. The highest BCUT2D eigenvalue weighted by molar-refractivity contribution is 5.87. The van der Waals surface area contributed by atoms with Crippen molar-refractivity contribution < 1.29 is 4.79 Å². The van der Waals surface area contributed by atoms with E-state index in [9.17, 15) is 4.79 Å². The van der Waals surface area contributed by atoms with E-state index in [-0.39, 0.29) is 6.04 Å². The van der Waals surface area contributed by atoms with Gasteiger partial charge in [0.05, 0.1) is 0 Å². The number of hydrogen-bond donors (Lipinski definition) is 3. The van der Waals surface area contributed by atoms with Crippen LogP contribution >= 0.6 is 0 Å². The summed E-state index contributed by atoms with van der Waals surface area (Å²) in [4.78, 5) is 10.8. The Hall–Kier alpha value is -2.33. The molecule has 0 aliphatic heterocycles. The van der Waals surface area contributed by atoms with Crippen LogP contribution in [0, 0.1) is 0 Å². The Morgan fingerprint density at radius 3 is 2.30 bits per heavy atom. The third-order valence-electron chi connectivity index (χ3n) is 3.92. The second-order valence-corrected chi connectivity index (χ2v) is 5.92. The zero-order chi connectivity index (χ0) is 16.7. The van der Waals surface area contributed by atoms with Crippen molar-refractivity contribution >= 4 is 11.7 Å². The maximum atomic E-state index is 10.8. The van der Waals surface area contributed by atoms with Crippen LogP contribution in [0.3, 0.4) is 0 Å². The molecule has 2 aromatic rings. The minimum atomic E-state index is -0.543. The quantitative estimate of drug-likeness (QED) is 0.727. The Morgan fingerprint density at radius 1 is 1.04 bits per heavy atom. The molecular formula is C19H25N3O. The molecule has 0 fully saturated rings. The predicted octanol–water partition coefficient (Wildman–Crippen LogP) is 3.85. The van der Waals surface area contributed by atoms with Crippen molar-refractivity contribution in [1.82, 2.24) is 5.32 Å². The van der Waals surface area contributed by atoms with Gasteiger partial charge in [0.15, 0.2) is 0 Å². The number of nitrogens with one attached hydrogen (secondary N) is 2. The van der Waals surface area contributed by atoms with Crippen LogP contribution in [-0.2, 0) is 6.42 Å².